The van der Waals surface area contributed by atoms with Crippen molar-refractivity contribution in [1.29, 1.82) is 0 Å². The third-order valence-corrected chi connectivity index (χ3v) is 3.26. The molecule has 2 nitrogen and oxygen atoms in total. The van der Waals surface area contributed by atoms with Crippen LogP contribution in [0.25, 0.3) is 0 Å². The van der Waals surface area contributed by atoms with E-state index in [1.807, 2.05) is 18.2 Å². The summed E-state index contributed by atoms with van der Waals surface area (Å²) in [6.07, 6.45) is 2.69. The number of hydrogen-bond donors (Lipinski definition) is 0. The van der Waals surface area contributed by atoms with Crippen molar-refractivity contribution < 1.29 is 4.74 Å². The average molecular weight is 223 g/mol. The second-order valence-electron chi connectivity index (χ2n) is 3.94. The molecule has 1 aliphatic heterocycles. The van der Waals surface area contributed by atoms with Gasteiger partial charge >= 0.3 is 0 Å². The van der Waals surface area contributed by atoms with Crippen LogP contribution in [0.4, 0.5) is 0 Å². The zero-order chi connectivity index (χ0) is 10.5. The first-order valence-electron chi connectivity index (χ1n) is 5.56. The molecule has 0 N–H and O–H groups in total. The van der Waals surface area contributed by atoms with Crippen molar-refractivity contribution in [3.63, 3.8) is 0 Å². The molecule has 0 aliphatic carbocycles. The van der Waals surface area contributed by atoms with Crippen molar-refractivity contribution in [2.24, 2.45) is 0 Å². The zero-order valence-corrected chi connectivity index (χ0v) is 10.1. The molecule has 1 heterocycles. The normalized spacial score (nSPS) is 16.9. The van der Waals surface area contributed by atoms with E-state index in [1.54, 1.807) is 0 Å². The van der Waals surface area contributed by atoms with Crippen molar-refractivity contribution in [1.82, 2.24) is 4.90 Å². The second kappa shape index (κ2) is 5.48. The van der Waals surface area contributed by atoms with E-state index in [4.69, 9.17) is 4.74 Å². The van der Waals surface area contributed by atoms with E-state index in [-0.39, 0.29) is 0 Å². The number of nitrogens with zero attached hydrogens (tertiary/aromatic N) is 1. The Morgan fingerprint density at radius 2 is 1.93 bits per heavy atom. The maximum absolute atomic E-state index is 5.74. The Kier molecular flexibility index (Phi) is 3.99. The Morgan fingerprint density at radius 3 is 2.67 bits per heavy atom. The average Bonchev–Trinajstić information content (AvgIpc) is 2.74. The van der Waals surface area contributed by atoms with Crippen molar-refractivity contribution in [2.45, 2.75) is 12.8 Å². The molecule has 1 aromatic carbocycles. The first-order valence-corrected chi connectivity index (χ1v) is 6.13. The van der Waals surface area contributed by atoms with Crippen molar-refractivity contribution in [3.8, 4) is 5.75 Å². The Balaban J connectivity index is 1.75. The van der Waals surface area contributed by atoms with Crippen LogP contribution in [0.3, 0.4) is 0 Å². The molecule has 0 saturated carbocycles. The lowest BCUT2D eigenvalue weighted by molar-refractivity contribution is 0.239. The molecule has 1 unspecified atom stereocenters. The van der Waals surface area contributed by atoms with Crippen LogP contribution >= 0.6 is 9.24 Å². The Labute approximate surface area is 93.8 Å². The van der Waals surface area contributed by atoms with Gasteiger partial charge in [-0.2, -0.15) is 0 Å². The van der Waals surface area contributed by atoms with Crippen LogP contribution < -0.4 is 10.0 Å². The molecular weight excluding hydrogens is 205 g/mol. The summed E-state index contributed by atoms with van der Waals surface area (Å²) in [5.41, 5.74) is 0. The quantitative estimate of drug-likeness (QED) is 0.720. The first-order chi connectivity index (χ1) is 7.36. The van der Waals surface area contributed by atoms with Crippen LogP contribution in [-0.2, 0) is 0 Å². The molecule has 1 saturated heterocycles. The molecule has 0 radical (unpaired) electrons. The fourth-order valence-corrected chi connectivity index (χ4v) is 2.19. The predicted molar refractivity (Wildman–Crippen MR) is 67.0 cm³/mol. The Bertz CT molecular complexity index is 310. The first kappa shape index (κ1) is 10.9. The zero-order valence-electron chi connectivity index (χ0n) is 8.98. The van der Waals surface area contributed by atoms with Gasteiger partial charge in [-0.3, -0.25) is 4.90 Å². The Morgan fingerprint density at radius 1 is 1.20 bits per heavy atom. The van der Waals surface area contributed by atoms with Gasteiger partial charge in [0.2, 0.25) is 0 Å². The van der Waals surface area contributed by atoms with Gasteiger partial charge in [0.1, 0.15) is 12.4 Å². The predicted octanol–water partition coefficient (Wildman–Crippen LogP) is 1.66. The summed E-state index contributed by atoms with van der Waals surface area (Å²) in [6, 6.07) is 8.11. The Hall–Kier alpha value is -0.590. The highest BCUT2D eigenvalue weighted by molar-refractivity contribution is 7.27. The van der Waals surface area contributed by atoms with Gasteiger partial charge in [-0.15, -0.1) is 9.24 Å². The summed E-state index contributed by atoms with van der Waals surface area (Å²) in [6.45, 7) is 4.34. The fraction of sp³-hybridized carbons (Fsp3) is 0.500. The molecule has 0 spiro atoms. The van der Waals surface area contributed by atoms with Gasteiger partial charge in [0.15, 0.2) is 0 Å². The van der Waals surface area contributed by atoms with Gasteiger partial charge in [0.25, 0.3) is 0 Å². The summed E-state index contributed by atoms with van der Waals surface area (Å²) in [7, 11) is 2.70. The summed E-state index contributed by atoms with van der Waals surface area (Å²) in [4.78, 5) is 2.46. The molecule has 2 rings (SSSR count). The van der Waals surface area contributed by atoms with E-state index >= 15 is 0 Å². The number of ether oxygens (including phenoxy) is 1. The van der Waals surface area contributed by atoms with Gasteiger partial charge in [-0.25, -0.2) is 0 Å². The molecule has 0 amide bonds. The molecule has 1 fully saturated rings. The smallest absolute Gasteiger partial charge is 0.126 e. The monoisotopic (exact) mass is 223 g/mol. The molecule has 15 heavy (non-hydrogen) atoms. The molecule has 0 bridgehead atoms. The number of likely N-dealkylation sites (tertiary alicyclic amines) is 1. The van der Waals surface area contributed by atoms with Gasteiger partial charge in [-0.05, 0) is 32.0 Å². The summed E-state index contributed by atoms with van der Waals surface area (Å²) in [5, 5.41) is 1.14. The maximum Gasteiger partial charge on any atom is 0.126 e. The highest BCUT2D eigenvalue weighted by atomic mass is 31.0. The minimum Gasteiger partial charge on any atom is -0.492 e. The molecule has 1 aromatic rings. The maximum atomic E-state index is 5.74. The van der Waals surface area contributed by atoms with Crippen LogP contribution in [-0.4, -0.2) is 31.1 Å². The SMILES string of the molecule is Pc1ccccc1OCCN1CCCC1. The minimum absolute atomic E-state index is 0.797. The van der Waals surface area contributed by atoms with Gasteiger partial charge in [-0.1, -0.05) is 18.2 Å². The van der Waals surface area contributed by atoms with Crippen LogP contribution in [0.1, 0.15) is 12.8 Å². The van der Waals surface area contributed by atoms with Crippen molar-refractivity contribution in [3.05, 3.63) is 24.3 Å². The van der Waals surface area contributed by atoms with E-state index in [9.17, 15) is 0 Å². The lowest BCUT2D eigenvalue weighted by Gasteiger charge is -2.15. The molecule has 0 aromatic heterocycles. The number of hydrogen-bond acceptors (Lipinski definition) is 2. The molecule has 1 atom stereocenters. The number of rotatable bonds is 4. The summed E-state index contributed by atoms with van der Waals surface area (Å²) in [5.74, 6) is 0.988. The van der Waals surface area contributed by atoms with Crippen LogP contribution in [0.15, 0.2) is 24.3 Å². The molecular formula is C12H18NOP. The van der Waals surface area contributed by atoms with Crippen molar-refractivity contribution >= 4 is 14.5 Å². The molecule has 82 valence electrons. The van der Waals surface area contributed by atoms with Crippen molar-refractivity contribution in [2.75, 3.05) is 26.2 Å². The van der Waals surface area contributed by atoms with Crippen LogP contribution in [0, 0.1) is 0 Å². The largest absolute Gasteiger partial charge is 0.492 e. The summed E-state index contributed by atoms with van der Waals surface area (Å²) >= 11 is 0. The highest BCUT2D eigenvalue weighted by Gasteiger charge is 2.10. The van der Waals surface area contributed by atoms with E-state index in [2.05, 4.69) is 20.2 Å². The minimum atomic E-state index is 0.797. The summed E-state index contributed by atoms with van der Waals surface area (Å²) < 4.78 is 5.74. The van der Waals surface area contributed by atoms with Gasteiger partial charge in [0, 0.05) is 11.8 Å². The van der Waals surface area contributed by atoms with E-state index in [0.29, 0.717) is 0 Å². The van der Waals surface area contributed by atoms with E-state index < -0.39 is 0 Å². The second-order valence-corrected chi connectivity index (χ2v) is 4.56. The van der Waals surface area contributed by atoms with Crippen LogP contribution in [0.5, 0.6) is 5.75 Å². The molecule has 3 heteroatoms. The topological polar surface area (TPSA) is 12.5 Å². The lowest BCUT2D eigenvalue weighted by atomic mass is 10.3. The van der Waals surface area contributed by atoms with Gasteiger partial charge in [0.05, 0.1) is 0 Å². The fourth-order valence-electron chi connectivity index (χ4n) is 1.90. The number of para-hydroxylation sites is 1. The lowest BCUT2D eigenvalue weighted by Crippen LogP contribution is -2.25. The highest BCUT2D eigenvalue weighted by Crippen LogP contribution is 2.11. The third-order valence-electron chi connectivity index (χ3n) is 2.78. The standard InChI is InChI=1S/C12H18NOP/c15-12-6-2-1-5-11(12)14-10-9-13-7-3-4-8-13/h1-2,5-6H,3-4,7-10,15H2. The number of benzene rings is 1. The van der Waals surface area contributed by atoms with Gasteiger partial charge < -0.3 is 4.74 Å². The third kappa shape index (κ3) is 3.19. The van der Waals surface area contributed by atoms with Crippen LogP contribution in [0.2, 0.25) is 0 Å². The molecule has 1 aliphatic rings. The van der Waals surface area contributed by atoms with E-state index in [0.717, 1.165) is 24.2 Å². The van der Waals surface area contributed by atoms with E-state index in [1.165, 1.54) is 25.9 Å².